The number of amides is 1. The lowest BCUT2D eigenvalue weighted by Gasteiger charge is -2.19. The Morgan fingerprint density at radius 2 is 2.05 bits per heavy atom. The van der Waals surface area contributed by atoms with E-state index < -0.39 is 0 Å². The molecule has 1 N–H and O–H groups in total. The molecular weight excluding hydrogens is 282 g/mol. The van der Waals surface area contributed by atoms with Gasteiger partial charge < -0.3 is 5.32 Å². The molecule has 4 nitrogen and oxygen atoms in total. The average molecular weight is 301 g/mol. The van der Waals surface area contributed by atoms with Crippen LogP contribution in [-0.4, -0.2) is 35.9 Å². The molecule has 110 valence electrons. The molecule has 1 aromatic carbocycles. The van der Waals surface area contributed by atoms with E-state index in [1.165, 1.54) is 21.8 Å². The topological polar surface area (TPSA) is 45.2 Å². The van der Waals surface area contributed by atoms with Crippen molar-refractivity contribution in [3.05, 3.63) is 51.5 Å². The summed E-state index contributed by atoms with van der Waals surface area (Å²) in [6, 6.07) is 10.6. The summed E-state index contributed by atoms with van der Waals surface area (Å²) in [6.45, 7) is 3.01. The van der Waals surface area contributed by atoms with Crippen molar-refractivity contribution in [2.75, 3.05) is 20.1 Å². The number of carbonyl (C=O) groups is 1. The molecule has 0 fully saturated rings. The summed E-state index contributed by atoms with van der Waals surface area (Å²) >= 11 is 1.54. The van der Waals surface area contributed by atoms with E-state index in [2.05, 4.69) is 39.5 Å². The van der Waals surface area contributed by atoms with E-state index in [4.69, 9.17) is 0 Å². The van der Waals surface area contributed by atoms with Crippen molar-refractivity contribution in [3.8, 4) is 0 Å². The van der Waals surface area contributed by atoms with Gasteiger partial charge in [0, 0.05) is 38.0 Å². The number of nitrogens with one attached hydrogen (secondary N) is 1. The summed E-state index contributed by atoms with van der Waals surface area (Å²) in [5.74, 6) is -0.0748. The van der Waals surface area contributed by atoms with E-state index in [1.807, 2.05) is 6.07 Å². The van der Waals surface area contributed by atoms with Gasteiger partial charge in [0.25, 0.3) is 5.91 Å². The molecule has 0 unspecified atom stereocenters. The molecule has 2 heterocycles. The number of hydrogen-bond acceptors (Lipinski definition) is 4. The smallest absolute Gasteiger partial charge is 0.280 e. The molecule has 5 heteroatoms. The molecule has 0 atom stereocenters. The summed E-state index contributed by atoms with van der Waals surface area (Å²) in [4.78, 5) is 19.9. The third-order valence-electron chi connectivity index (χ3n) is 3.77. The highest BCUT2D eigenvalue weighted by atomic mass is 32.1. The first-order chi connectivity index (χ1) is 10.3. The molecule has 0 spiro atoms. The molecule has 3 rings (SSSR count). The maximum absolute atomic E-state index is 11.6. The van der Waals surface area contributed by atoms with Crippen molar-refractivity contribution in [2.24, 2.45) is 0 Å². The summed E-state index contributed by atoms with van der Waals surface area (Å²) < 4.78 is 0. The van der Waals surface area contributed by atoms with Gasteiger partial charge in [0.2, 0.25) is 0 Å². The van der Waals surface area contributed by atoms with E-state index in [1.54, 1.807) is 7.05 Å². The number of carbonyl (C=O) groups excluding carboxylic acids is 1. The predicted octanol–water partition coefficient (Wildman–Crippen LogP) is 2.10. The Morgan fingerprint density at radius 1 is 1.29 bits per heavy atom. The van der Waals surface area contributed by atoms with Gasteiger partial charge in [-0.05, 0) is 12.0 Å². The molecule has 1 aromatic heterocycles. The van der Waals surface area contributed by atoms with Crippen LogP contribution in [0.1, 0.15) is 25.9 Å². The van der Waals surface area contributed by atoms with Crippen LogP contribution in [-0.2, 0) is 19.4 Å². The van der Waals surface area contributed by atoms with Crippen LogP contribution in [0.4, 0.5) is 0 Å². The van der Waals surface area contributed by atoms with Crippen molar-refractivity contribution in [1.29, 1.82) is 0 Å². The fourth-order valence-electron chi connectivity index (χ4n) is 2.61. The summed E-state index contributed by atoms with van der Waals surface area (Å²) in [7, 11) is 1.65. The molecule has 0 aliphatic carbocycles. The van der Waals surface area contributed by atoms with Crippen LogP contribution in [0.5, 0.6) is 0 Å². The minimum Gasteiger partial charge on any atom is -0.353 e. The number of aromatic nitrogens is 1. The number of benzene rings is 1. The van der Waals surface area contributed by atoms with Crippen molar-refractivity contribution in [1.82, 2.24) is 15.2 Å². The lowest BCUT2D eigenvalue weighted by Crippen LogP contribution is -2.26. The minimum atomic E-state index is -0.0748. The zero-order chi connectivity index (χ0) is 14.7. The molecule has 1 aliphatic heterocycles. The zero-order valence-corrected chi connectivity index (χ0v) is 12.9. The molecule has 2 aromatic rings. The number of thiazole rings is 1. The lowest BCUT2D eigenvalue weighted by molar-refractivity contribution is 0.0962. The van der Waals surface area contributed by atoms with Crippen LogP contribution in [0.25, 0.3) is 0 Å². The zero-order valence-electron chi connectivity index (χ0n) is 12.1. The Hall–Kier alpha value is -1.72. The van der Waals surface area contributed by atoms with Crippen LogP contribution >= 0.6 is 11.3 Å². The molecule has 0 saturated heterocycles. The first kappa shape index (κ1) is 14.2. The van der Waals surface area contributed by atoms with Gasteiger partial charge >= 0.3 is 0 Å². The van der Waals surface area contributed by atoms with E-state index in [0.29, 0.717) is 5.01 Å². The van der Waals surface area contributed by atoms with Gasteiger partial charge in [-0.1, -0.05) is 30.3 Å². The monoisotopic (exact) mass is 301 g/mol. The maximum atomic E-state index is 11.6. The van der Waals surface area contributed by atoms with Crippen LogP contribution in [0, 0.1) is 0 Å². The number of nitrogens with zero attached hydrogens (tertiary/aromatic N) is 2. The summed E-state index contributed by atoms with van der Waals surface area (Å²) in [5.41, 5.74) is 2.45. The van der Waals surface area contributed by atoms with Gasteiger partial charge in [-0.15, -0.1) is 11.3 Å². The first-order valence-corrected chi connectivity index (χ1v) is 8.05. The van der Waals surface area contributed by atoms with Gasteiger partial charge in [-0.2, -0.15) is 0 Å². The molecule has 0 saturated carbocycles. The second kappa shape index (κ2) is 6.37. The predicted molar refractivity (Wildman–Crippen MR) is 84.6 cm³/mol. The average Bonchev–Trinajstić information content (AvgIpc) is 2.85. The summed E-state index contributed by atoms with van der Waals surface area (Å²) in [6.07, 6.45) is 1.91. The Labute approximate surface area is 128 Å². The van der Waals surface area contributed by atoms with E-state index in [-0.39, 0.29) is 5.91 Å². The Bertz CT molecular complexity index is 598. The lowest BCUT2D eigenvalue weighted by atomic mass is 10.2. The second-order valence-corrected chi connectivity index (χ2v) is 6.31. The molecule has 1 amide bonds. The third kappa shape index (κ3) is 3.31. The largest absolute Gasteiger partial charge is 0.353 e. The van der Waals surface area contributed by atoms with E-state index >= 15 is 0 Å². The highest BCUT2D eigenvalue weighted by Crippen LogP contribution is 2.23. The third-order valence-corrected chi connectivity index (χ3v) is 4.92. The Balaban J connectivity index is 1.66. The second-order valence-electron chi connectivity index (χ2n) is 5.23. The fraction of sp³-hybridized carbons (Fsp3) is 0.375. The SMILES string of the molecule is CNC(=O)c1nc2c(s1)CCN(Cc1ccccc1)CC2. The summed E-state index contributed by atoms with van der Waals surface area (Å²) in [5, 5.41) is 3.24. The maximum Gasteiger partial charge on any atom is 0.280 e. The van der Waals surface area contributed by atoms with Crippen molar-refractivity contribution < 1.29 is 4.79 Å². The number of hydrogen-bond donors (Lipinski definition) is 1. The first-order valence-electron chi connectivity index (χ1n) is 7.23. The molecular formula is C16H19N3OS. The Morgan fingerprint density at radius 3 is 2.81 bits per heavy atom. The Kier molecular flexibility index (Phi) is 4.31. The van der Waals surface area contributed by atoms with Gasteiger partial charge in [0.1, 0.15) is 0 Å². The standard InChI is InChI=1S/C16H19N3OS/c1-17-15(20)16-18-13-7-9-19(10-8-14(13)21-16)11-12-5-3-2-4-6-12/h2-6H,7-11H2,1H3,(H,17,20). The van der Waals surface area contributed by atoms with Crippen LogP contribution in [0.3, 0.4) is 0 Å². The van der Waals surface area contributed by atoms with Crippen LogP contribution in [0.15, 0.2) is 30.3 Å². The fourth-order valence-corrected chi connectivity index (χ4v) is 3.66. The molecule has 1 aliphatic rings. The van der Waals surface area contributed by atoms with Crippen LogP contribution in [0.2, 0.25) is 0 Å². The van der Waals surface area contributed by atoms with E-state index in [0.717, 1.165) is 38.2 Å². The van der Waals surface area contributed by atoms with Crippen LogP contribution < -0.4 is 5.32 Å². The minimum absolute atomic E-state index is 0.0748. The van der Waals surface area contributed by atoms with Gasteiger partial charge in [0.15, 0.2) is 5.01 Å². The normalized spacial score (nSPS) is 15.3. The van der Waals surface area contributed by atoms with Gasteiger partial charge in [-0.3, -0.25) is 9.69 Å². The highest BCUT2D eigenvalue weighted by molar-refractivity contribution is 7.13. The quantitative estimate of drug-likeness (QED) is 0.944. The van der Waals surface area contributed by atoms with Gasteiger partial charge in [-0.25, -0.2) is 4.98 Å². The van der Waals surface area contributed by atoms with Crippen molar-refractivity contribution in [2.45, 2.75) is 19.4 Å². The van der Waals surface area contributed by atoms with Gasteiger partial charge in [0.05, 0.1) is 5.69 Å². The molecule has 21 heavy (non-hydrogen) atoms. The molecule has 0 bridgehead atoms. The van der Waals surface area contributed by atoms with Crippen molar-refractivity contribution >= 4 is 17.2 Å². The highest BCUT2D eigenvalue weighted by Gasteiger charge is 2.20. The van der Waals surface area contributed by atoms with E-state index in [9.17, 15) is 4.79 Å². The number of rotatable bonds is 3. The molecule has 0 radical (unpaired) electrons. The van der Waals surface area contributed by atoms with Crippen molar-refractivity contribution in [3.63, 3.8) is 0 Å². The number of fused-ring (bicyclic) bond motifs is 1.